The summed E-state index contributed by atoms with van der Waals surface area (Å²) in [6.45, 7) is 3.42. The van der Waals surface area contributed by atoms with Crippen molar-refractivity contribution in [2.45, 2.75) is 76.6 Å². The summed E-state index contributed by atoms with van der Waals surface area (Å²) in [5.74, 6) is -1.40. The van der Waals surface area contributed by atoms with Gasteiger partial charge in [-0.2, -0.15) is 0 Å². The van der Waals surface area contributed by atoms with Crippen LogP contribution in [0, 0.1) is 34.0 Å². The van der Waals surface area contributed by atoms with Crippen LogP contribution in [-0.4, -0.2) is 55.9 Å². The molecule has 0 aromatic rings. The number of hydrogen-bond donors (Lipinski definition) is 5. The Hall–Kier alpha value is -0.690. The van der Waals surface area contributed by atoms with Crippen molar-refractivity contribution in [2.24, 2.45) is 34.0 Å². The van der Waals surface area contributed by atoms with E-state index in [0.717, 1.165) is 12.8 Å². The molecule has 4 aliphatic rings. The largest absolute Gasteiger partial charge is 0.481 e. The van der Waals surface area contributed by atoms with Crippen LogP contribution in [0.1, 0.15) is 58.8 Å². The fourth-order valence-corrected chi connectivity index (χ4v) is 8.17. The normalized spacial score (nSPS) is 58.8. The lowest BCUT2D eigenvalue weighted by molar-refractivity contribution is -0.218. The van der Waals surface area contributed by atoms with Gasteiger partial charge in [-0.15, -0.1) is 0 Å². The molecule has 2 bridgehead atoms. The summed E-state index contributed by atoms with van der Waals surface area (Å²) in [5, 5.41) is 52.9. The van der Waals surface area contributed by atoms with E-state index in [-0.39, 0.29) is 17.8 Å². The van der Waals surface area contributed by atoms with E-state index in [0.29, 0.717) is 32.1 Å². The summed E-state index contributed by atoms with van der Waals surface area (Å²) in [5.41, 5.74) is -3.41. The summed E-state index contributed by atoms with van der Waals surface area (Å²) in [4.78, 5) is 12.1. The van der Waals surface area contributed by atoms with Gasteiger partial charge >= 0.3 is 5.97 Å². The Bertz CT molecular complexity index is 623. The lowest BCUT2D eigenvalue weighted by Crippen LogP contribution is -2.64. The Labute approximate surface area is 154 Å². The highest BCUT2D eigenvalue weighted by molar-refractivity contribution is 5.75. The highest BCUT2D eigenvalue weighted by Gasteiger charge is 2.74. The van der Waals surface area contributed by atoms with Gasteiger partial charge in [-0.1, -0.05) is 13.3 Å². The molecule has 0 aliphatic heterocycles. The van der Waals surface area contributed by atoms with E-state index in [1.165, 1.54) is 0 Å². The second-order valence-electron chi connectivity index (χ2n) is 10.1. The van der Waals surface area contributed by atoms with Gasteiger partial charge in [0.05, 0.1) is 24.2 Å². The molecule has 6 nitrogen and oxygen atoms in total. The van der Waals surface area contributed by atoms with Crippen LogP contribution in [0.2, 0.25) is 0 Å². The Morgan fingerprint density at radius 1 is 1.15 bits per heavy atom. The first-order valence-electron chi connectivity index (χ1n) is 9.99. The number of carboxylic acids is 1. The highest BCUT2D eigenvalue weighted by Crippen LogP contribution is 2.72. The standard InChI is InChI=1S/C20H32O6/c1-17-5-3-6-18(2,16(24)25)13(17)4-7-19-9-11(8-12(22)14(17)19)20(26,10-21)15(19)23/h11-15,21-23,26H,3-10H2,1-2H3,(H,24,25)/t11-,12-,13-,14-,15-,17+,18+,19+,20-/m0/s1. The minimum absolute atomic E-state index is 0.0573. The molecule has 6 heteroatoms. The Kier molecular flexibility index (Phi) is 3.90. The highest BCUT2D eigenvalue weighted by atomic mass is 16.4. The lowest BCUT2D eigenvalue weighted by atomic mass is 9.40. The smallest absolute Gasteiger partial charge is 0.309 e. The summed E-state index contributed by atoms with van der Waals surface area (Å²) >= 11 is 0. The predicted octanol–water partition coefficient (Wildman–Crippen LogP) is 1.15. The maximum atomic E-state index is 12.1. The molecule has 4 saturated carbocycles. The third-order valence-electron chi connectivity index (χ3n) is 9.21. The molecule has 26 heavy (non-hydrogen) atoms. The van der Waals surface area contributed by atoms with Crippen molar-refractivity contribution in [3.63, 3.8) is 0 Å². The minimum Gasteiger partial charge on any atom is -0.481 e. The molecule has 0 saturated heterocycles. The zero-order valence-corrected chi connectivity index (χ0v) is 15.7. The molecule has 148 valence electrons. The van der Waals surface area contributed by atoms with Crippen LogP contribution in [0.5, 0.6) is 0 Å². The fourth-order valence-electron chi connectivity index (χ4n) is 8.17. The molecule has 1 spiro atoms. The number of rotatable bonds is 2. The van der Waals surface area contributed by atoms with Crippen molar-refractivity contribution in [1.82, 2.24) is 0 Å². The Morgan fingerprint density at radius 3 is 2.46 bits per heavy atom. The molecule has 0 aromatic carbocycles. The van der Waals surface area contributed by atoms with Crippen molar-refractivity contribution >= 4 is 5.97 Å². The molecule has 0 radical (unpaired) electrons. The van der Waals surface area contributed by atoms with Crippen molar-refractivity contribution in [1.29, 1.82) is 0 Å². The van der Waals surface area contributed by atoms with E-state index >= 15 is 0 Å². The second kappa shape index (κ2) is 5.43. The van der Waals surface area contributed by atoms with Crippen LogP contribution in [0.25, 0.3) is 0 Å². The van der Waals surface area contributed by atoms with Crippen LogP contribution in [0.3, 0.4) is 0 Å². The second-order valence-corrected chi connectivity index (χ2v) is 10.1. The van der Waals surface area contributed by atoms with Crippen molar-refractivity contribution < 1.29 is 30.3 Å². The van der Waals surface area contributed by atoms with Crippen molar-refractivity contribution in [3.8, 4) is 0 Å². The summed E-state index contributed by atoms with van der Waals surface area (Å²) in [7, 11) is 0. The van der Waals surface area contributed by atoms with Gasteiger partial charge in [0.15, 0.2) is 0 Å². The van der Waals surface area contributed by atoms with Gasteiger partial charge in [0.2, 0.25) is 0 Å². The SMILES string of the molecule is C[C@@]12CCC[C@@](C)(C(=O)O)[C@H]1CC[C@@]13C[C@H](C[C@H](O)[C@@H]21)[C@@](O)(CO)[C@H]3O. The van der Waals surface area contributed by atoms with Gasteiger partial charge in [-0.3, -0.25) is 4.79 Å². The molecule has 4 fully saturated rings. The Balaban J connectivity index is 1.81. The molecular formula is C20H32O6. The molecule has 0 heterocycles. The average molecular weight is 368 g/mol. The van der Waals surface area contributed by atoms with E-state index in [1.807, 2.05) is 6.92 Å². The van der Waals surface area contributed by atoms with E-state index in [2.05, 4.69) is 6.92 Å². The molecule has 0 unspecified atom stereocenters. The van der Waals surface area contributed by atoms with E-state index in [9.17, 15) is 30.3 Å². The first-order chi connectivity index (χ1) is 12.1. The zero-order chi connectivity index (χ0) is 19.1. The number of hydrogen-bond acceptors (Lipinski definition) is 5. The number of carbonyl (C=O) groups is 1. The van der Waals surface area contributed by atoms with E-state index in [4.69, 9.17) is 0 Å². The van der Waals surface area contributed by atoms with Crippen molar-refractivity contribution in [3.05, 3.63) is 0 Å². The van der Waals surface area contributed by atoms with E-state index in [1.54, 1.807) is 0 Å². The van der Waals surface area contributed by atoms with Gasteiger partial charge in [0.1, 0.15) is 5.60 Å². The van der Waals surface area contributed by atoms with E-state index < -0.39 is 46.6 Å². The van der Waals surface area contributed by atoms with Gasteiger partial charge in [0, 0.05) is 5.41 Å². The fraction of sp³-hybridized carbons (Fsp3) is 0.950. The van der Waals surface area contributed by atoms with Gasteiger partial charge < -0.3 is 25.5 Å². The van der Waals surface area contributed by atoms with Crippen molar-refractivity contribution in [2.75, 3.05) is 6.61 Å². The predicted molar refractivity (Wildman–Crippen MR) is 93.1 cm³/mol. The van der Waals surface area contributed by atoms with Crippen LogP contribution in [-0.2, 0) is 4.79 Å². The number of aliphatic carboxylic acids is 1. The molecule has 4 rings (SSSR count). The van der Waals surface area contributed by atoms with Crippen LogP contribution in [0.4, 0.5) is 0 Å². The molecule has 0 amide bonds. The van der Waals surface area contributed by atoms with Crippen LogP contribution >= 0.6 is 0 Å². The third-order valence-corrected chi connectivity index (χ3v) is 9.21. The number of fused-ring (bicyclic) bond motifs is 3. The molecule has 9 atom stereocenters. The number of carboxylic acid groups (broad SMARTS) is 1. The monoisotopic (exact) mass is 368 g/mol. The Morgan fingerprint density at radius 2 is 1.85 bits per heavy atom. The topological polar surface area (TPSA) is 118 Å². The lowest BCUT2D eigenvalue weighted by Gasteiger charge is -2.64. The first-order valence-corrected chi connectivity index (χ1v) is 9.99. The van der Waals surface area contributed by atoms with Gasteiger partial charge in [-0.05, 0) is 68.6 Å². The maximum absolute atomic E-state index is 12.1. The first kappa shape index (κ1) is 18.7. The summed E-state index contributed by atoms with van der Waals surface area (Å²) in [6, 6.07) is 0. The quantitative estimate of drug-likeness (QED) is 0.499. The summed E-state index contributed by atoms with van der Waals surface area (Å²) in [6.07, 6.45) is 2.72. The molecule has 0 aromatic heterocycles. The summed E-state index contributed by atoms with van der Waals surface area (Å²) < 4.78 is 0. The number of aliphatic hydroxyl groups is 4. The third kappa shape index (κ3) is 1.94. The molecule has 5 N–H and O–H groups in total. The van der Waals surface area contributed by atoms with Gasteiger partial charge in [0.25, 0.3) is 0 Å². The zero-order valence-electron chi connectivity index (χ0n) is 15.7. The van der Waals surface area contributed by atoms with Crippen LogP contribution in [0.15, 0.2) is 0 Å². The molecule has 4 aliphatic carbocycles. The molecular weight excluding hydrogens is 336 g/mol. The number of aliphatic hydroxyl groups excluding tert-OH is 3. The average Bonchev–Trinajstić information content (AvgIpc) is 2.73. The van der Waals surface area contributed by atoms with Gasteiger partial charge in [-0.25, -0.2) is 0 Å². The maximum Gasteiger partial charge on any atom is 0.309 e. The van der Waals surface area contributed by atoms with Crippen LogP contribution < -0.4 is 0 Å². The minimum atomic E-state index is -1.57.